The van der Waals surface area contributed by atoms with E-state index in [-0.39, 0.29) is 0 Å². The summed E-state index contributed by atoms with van der Waals surface area (Å²) < 4.78 is 5.53. The Kier molecular flexibility index (Phi) is 4.35. The van der Waals surface area contributed by atoms with Gasteiger partial charge < -0.3 is 15.8 Å². The molecule has 0 saturated heterocycles. The van der Waals surface area contributed by atoms with Crippen LogP contribution >= 0.6 is 0 Å². The molecular formula is C14H15N5O. The van der Waals surface area contributed by atoms with Gasteiger partial charge in [0.15, 0.2) is 0 Å². The number of nitrogens with zero attached hydrogens (tertiary/aromatic N) is 3. The largest absolute Gasteiger partial charge is 0.492 e. The van der Waals surface area contributed by atoms with E-state index in [0.29, 0.717) is 30.5 Å². The Morgan fingerprint density at radius 1 is 1.30 bits per heavy atom. The van der Waals surface area contributed by atoms with Gasteiger partial charge in [0.05, 0.1) is 6.54 Å². The molecule has 1 aromatic heterocycles. The highest BCUT2D eigenvalue weighted by atomic mass is 16.5. The Morgan fingerprint density at radius 2 is 2.05 bits per heavy atom. The Morgan fingerprint density at radius 3 is 2.75 bits per heavy atom. The van der Waals surface area contributed by atoms with Crippen LogP contribution in [0.4, 0.5) is 11.6 Å². The van der Waals surface area contributed by atoms with Gasteiger partial charge in [-0.1, -0.05) is 0 Å². The maximum absolute atomic E-state index is 8.83. The zero-order chi connectivity index (χ0) is 14.4. The fourth-order valence-corrected chi connectivity index (χ4v) is 1.60. The highest BCUT2D eigenvalue weighted by Gasteiger charge is 2.01. The van der Waals surface area contributed by atoms with Crippen molar-refractivity contribution in [1.29, 1.82) is 5.26 Å². The van der Waals surface area contributed by atoms with E-state index in [9.17, 15) is 0 Å². The molecule has 1 aromatic carbocycles. The van der Waals surface area contributed by atoms with Crippen molar-refractivity contribution < 1.29 is 4.74 Å². The summed E-state index contributed by atoms with van der Waals surface area (Å²) in [5, 5.41) is 11.8. The standard InChI is InChI=1S/C14H15N5O/c1-10-8-12(9-15)19-14(18-10)17-6-7-20-13-4-2-11(16)3-5-13/h2-5,8H,6-7,16H2,1H3,(H,17,18,19). The number of benzene rings is 1. The van der Waals surface area contributed by atoms with Gasteiger partial charge in [0.2, 0.25) is 5.95 Å². The molecule has 0 radical (unpaired) electrons. The molecule has 0 atom stereocenters. The number of nitriles is 1. The first kappa shape index (κ1) is 13.6. The fourth-order valence-electron chi connectivity index (χ4n) is 1.60. The van der Waals surface area contributed by atoms with Crippen LogP contribution in [0.25, 0.3) is 0 Å². The van der Waals surface area contributed by atoms with Crippen molar-refractivity contribution in [1.82, 2.24) is 9.97 Å². The molecule has 0 fully saturated rings. The van der Waals surface area contributed by atoms with E-state index in [1.165, 1.54) is 0 Å². The van der Waals surface area contributed by atoms with Crippen LogP contribution in [0.3, 0.4) is 0 Å². The Balaban J connectivity index is 1.83. The number of nitrogens with one attached hydrogen (secondary N) is 1. The minimum absolute atomic E-state index is 0.347. The van der Waals surface area contributed by atoms with Crippen LogP contribution in [0.5, 0.6) is 5.75 Å². The van der Waals surface area contributed by atoms with Gasteiger partial charge in [-0.2, -0.15) is 5.26 Å². The quantitative estimate of drug-likeness (QED) is 0.633. The van der Waals surface area contributed by atoms with Crippen molar-refractivity contribution in [2.45, 2.75) is 6.92 Å². The van der Waals surface area contributed by atoms with Gasteiger partial charge in [-0.3, -0.25) is 0 Å². The van der Waals surface area contributed by atoms with E-state index in [0.717, 1.165) is 11.4 Å². The summed E-state index contributed by atoms with van der Waals surface area (Å²) >= 11 is 0. The van der Waals surface area contributed by atoms with E-state index in [1.54, 1.807) is 18.2 Å². The third-order valence-electron chi connectivity index (χ3n) is 2.50. The number of anilines is 2. The average molecular weight is 269 g/mol. The molecule has 6 nitrogen and oxygen atoms in total. The molecule has 3 N–H and O–H groups in total. The molecule has 6 heteroatoms. The van der Waals surface area contributed by atoms with Gasteiger partial charge >= 0.3 is 0 Å². The number of hydrogen-bond acceptors (Lipinski definition) is 6. The van der Waals surface area contributed by atoms with Crippen molar-refractivity contribution in [2.24, 2.45) is 0 Å². The molecule has 1 heterocycles. The van der Waals surface area contributed by atoms with E-state index >= 15 is 0 Å². The van der Waals surface area contributed by atoms with Gasteiger partial charge in [-0.25, -0.2) is 9.97 Å². The molecule has 0 amide bonds. The summed E-state index contributed by atoms with van der Waals surface area (Å²) in [5.74, 6) is 1.19. The molecule has 2 rings (SSSR count). The summed E-state index contributed by atoms with van der Waals surface area (Å²) in [4.78, 5) is 8.25. The van der Waals surface area contributed by atoms with Gasteiger partial charge in [-0.15, -0.1) is 0 Å². The number of hydrogen-bond donors (Lipinski definition) is 2. The van der Waals surface area contributed by atoms with E-state index in [2.05, 4.69) is 15.3 Å². The normalized spacial score (nSPS) is 9.80. The molecule has 20 heavy (non-hydrogen) atoms. The highest BCUT2D eigenvalue weighted by molar-refractivity contribution is 5.41. The third kappa shape index (κ3) is 3.85. The zero-order valence-electron chi connectivity index (χ0n) is 11.1. The van der Waals surface area contributed by atoms with Crippen LogP contribution in [0.15, 0.2) is 30.3 Å². The number of rotatable bonds is 5. The van der Waals surface area contributed by atoms with Crippen molar-refractivity contribution in [3.63, 3.8) is 0 Å². The van der Waals surface area contributed by atoms with Crippen LogP contribution in [-0.4, -0.2) is 23.1 Å². The van der Waals surface area contributed by atoms with E-state index in [4.69, 9.17) is 15.7 Å². The monoisotopic (exact) mass is 269 g/mol. The molecule has 102 valence electrons. The lowest BCUT2D eigenvalue weighted by Crippen LogP contribution is -2.14. The number of nitrogens with two attached hydrogens (primary N) is 1. The van der Waals surface area contributed by atoms with Gasteiger partial charge in [0.1, 0.15) is 24.1 Å². The van der Waals surface area contributed by atoms with Gasteiger partial charge in [-0.05, 0) is 37.3 Å². The highest BCUT2D eigenvalue weighted by Crippen LogP contribution is 2.12. The first-order chi connectivity index (χ1) is 9.67. The number of nitrogen functional groups attached to an aromatic ring is 1. The SMILES string of the molecule is Cc1cc(C#N)nc(NCCOc2ccc(N)cc2)n1. The third-order valence-corrected chi connectivity index (χ3v) is 2.50. The first-order valence-corrected chi connectivity index (χ1v) is 6.15. The van der Waals surface area contributed by atoms with Gasteiger partial charge in [0, 0.05) is 11.4 Å². The summed E-state index contributed by atoms with van der Waals surface area (Å²) in [5.41, 5.74) is 7.39. The van der Waals surface area contributed by atoms with Crippen LogP contribution in [0.2, 0.25) is 0 Å². The second kappa shape index (κ2) is 6.38. The minimum Gasteiger partial charge on any atom is -0.492 e. The van der Waals surface area contributed by atoms with Crippen molar-refractivity contribution in [3.05, 3.63) is 41.7 Å². The number of aromatic nitrogens is 2. The van der Waals surface area contributed by atoms with E-state index in [1.807, 2.05) is 25.1 Å². The molecule has 0 aliphatic carbocycles. The number of aryl methyl sites for hydroxylation is 1. The molecule has 0 unspecified atom stereocenters. The van der Waals surface area contributed by atoms with Gasteiger partial charge in [0.25, 0.3) is 0 Å². The Hall–Kier alpha value is -2.81. The molecule has 0 aliphatic rings. The molecule has 0 bridgehead atoms. The predicted octanol–water partition coefficient (Wildman–Crippen LogP) is 1.73. The summed E-state index contributed by atoms with van der Waals surface area (Å²) in [6.07, 6.45) is 0. The lowest BCUT2D eigenvalue weighted by molar-refractivity contribution is 0.332. The average Bonchev–Trinajstić information content (AvgIpc) is 2.45. The Labute approximate surface area is 117 Å². The topological polar surface area (TPSA) is 96.8 Å². The molecule has 0 spiro atoms. The van der Waals surface area contributed by atoms with E-state index < -0.39 is 0 Å². The lowest BCUT2D eigenvalue weighted by atomic mass is 10.3. The maximum Gasteiger partial charge on any atom is 0.224 e. The second-order valence-electron chi connectivity index (χ2n) is 4.17. The zero-order valence-corrected chi connectivity index (χ0v) is 11.1. The Bertz CT molecular complexity index is 618. The second-order valence-corrected chi connectivity index (χ2v) is 4.17. The lowest BCUT2D eigenvalue weighted by Gasteiger charge is -2.08. The molecular weight excluding hydrogens is 254 g/mol. The molecule has 0 saturated carbocycles. The summed E-state index contributed by atoms with van der Waals surface area (Å²) in [7, 11) is 0. The summed E-state index contributed by atoms with van der Waals surface area (Å²) in [6.45, 7) is 2.82. The van der Waals surface area contributed by atoms with Crippen LogP contribution in [0.1, 0.15) is 11.4 Å². The summed E-state index contributed by atoms with van der Waals surface area (Å²) in [6, 6.07) is 10.8. The minimum atomic E-state index is 0.347. The molecule has 0 aliphatic heterocycles. The predicted molar refractivity (Wildman–Crippen MR) is 76.3 cm³/mol. The first-order valence-electron chi connectivity index (χ1n) is 6.15. The van der Waals surface area contributed by atoms with Crippen LogP contribution < -0.4 is 15.8 Å². The van der Waals surface area contributed by atoms with Crippen LogP contribution in [-0.2, 0) is 0 Å². The number of ether oxygens (including phenoxy) is 1. The van der Waals surface area contributed by atoms with Crippen LogP contribution in [0, 0.1) is 18.3 Å². The molecule has 2 aromatic rings. The van der Waals surface area contributed by atoms with Crippen molar-refractivity contribution in [2.75, 3.05) is 24.2 Å². The smallest absolute Gasteiger partial charge is 0.224 e. The van der Waals surface area contributed by atoms with Crippen molar-refractivity contribution in [3.8, 4) is 11.8 Å². The van der Waals surface area contributed by atoms with Crippen molar-refractivity contribution >= 4 is 11.6 Å². The maximum atomic E-state index is 8.83. The fraction of sp³-hybridized carbons (Fsp3) is 0.214.